The number of H-pyrrole nitrogens is 2. The molecule has 10 atom stereocenters. The summed E-state index contributed by atoms with van der Waals surface area (Å²) in [5.74, 6) is 0.198. The summed E-state index contributed by atoms with van der Waals surface area (Å²) >= 11 is 0. The van der Waals surface area contributed by atoms with Gasteiger partial charge >= 0.3 is 11.9 Å². The van der Waals surface area contributed by atoms with E-state index in [1.54, 1.807) is 14.0 Å². The fourth-order valence-electron chi connectivity index (χ4n) is 13.3. The summed E-state index contributed by atoms with van der Waals surface area (Å²) in [6.45, 7) is 6.99. The van der Waals surface area contributed by atoms with E-state index in [4.69, 9.17) is 14.2 Å². The van der Waals surface area contributed by atoms with E-state index < -0.39 is 16.8 Å². The summed E-state index contributed by atoms with van der Waals surface area (Å²) in [5, 5.41) is 13.6. The summed E-state index contributed by atoms with van der Waals surface area (Å²) in [6, 6.07) is 12.4. The molecule has 0 spiro atoms. The Hall–Kier alpha value is -4.45. The van der Waals surface area contributed by atoms with Gasteiger partial charge in [0, 0.05) is 94.3 Å². The topological polar surface area (TPSA) is 137 Å². The van der Waals surface area contributed by atoms with Crippen molar-refractivity contribution in [2.75, 3.05) is 48.1 Å². The lowest BCUT2D eigenvalue weighted by Gasteiger charge is -2.61. The van der Waals surface area contributed by atoms with E-state index in [1.165, 1.54) is 14.2 Å². The van der Waals surface area contributed by atoms with Gasteiger partial charge in [-0.05, 0) is 88.1 Å². The Labute approximate surface area is 340 Å². The Morgan fingerprint density at radius 1 is 1.00 bits per heavy atom. The highest BCUT2D eigenvalue weighted by Gasteiger charge is 2.65. The number of aromatic amines is 2. The van der Waals surface area contributed by atoms with Crippen LogP contribution in [-0.4, -0.2) is 109 Å². The number of esters is 2. The van der Waals surface area contributed by atoms with Crippen molar-refractivity contribution in [2.45, 2.75) is 95.2 Å². The van der Waals surface area contributed by atoms with Gasteiger partial charge in [-0.1, -0.05) is 43.2 Å². The molecule has 10 rings (SSSR count). The normalized spacial score (nSPS) is 33.6. The predicted molar refractivity (Wildman–Crippen MR) is 222 cm³/mol. The van der Waals surface area contributed by atoms with Gasteiger partial charge in [-0.2, -0.15) is 0 Å². The number of methoxy groups -OCH3 is 3. The molecule has 3 N–H and O–H groups in total. The van der Waals surface area contributed by atoms with Crippen LogP contribution >= 0.6 is 0 Å². The molecule has 1 unspecified atom stereocenters. The summed E-state index contributed by atoms with van der Waals surface area (Å²) in [7, 11) is 6.68. The molecule has 11 heteroatoms. The highest BCUT2D eigenvalue weighted by molar-refractivity contribution is 5.94. The molecule has 308 valence electrons. The fraction of sp³-hybridized carbons (Fsp3) is 0.553. The first-order valence-electron chi connectivity index (χ1n) is 21.2. The molecule has 6 aliphatic rings. The number of Topliss-reactive ketones (excluding diaryl/α,β-unsaturated/α-hetero) is 1. The van der Waals surface area contributed by atoms with Gasteiger partial charge in [0.2, 0.25) is 0 Å². The predicted octanol–water partition coefficient (Wildman–Crippen LogP) is 6.20. The molecular weight excluding hydrogens is 733 g/mol. The third-order valence-corrected chi connectivity index (χ3v) is 15.6. The number of para-hydroxylation sites is 1. The fourth-order valence-corrected chi connectivity index (χ4v) is 13.3. The number of aromatic nitrogens is 2. The summed E-state index contributed by atoms with van der Waals surface area (Å²) in [4.78, 5) is 53.9. The zero-order chi connectivity index (χ0) is 40.8. The summed E-state index contributed by atoms with van der Waals surface area (Å²) in [5.41, 5.74) is 6.17. The second-order valence-corrected chi connectivity index (χ2v) is 17.9. The van der Waals surface area contributed by atoms with Gasteiger partial charge in [-0.3, -0.25) is 24.2 Å². The number of aliphatic hydroxyl groups is 1. The molecule has 4 fully saturated rings. The maximum Gasteiger partial charge on any atom is 0.319 e. The van der Waals surface area contributed by atoms with Crippen LogP contribution in [0.2, 0.25) is 0 Å². The minimum absolute atomic E-state index is 0.0870. The number of aliphatic hydroxyl groups excluding tert-OH is 1. The van der Waals surface area contributed by atoms with Crippen LogP contribution in [-0.2, 0) is 42.1 Å². The lowest BCUT2D eigenvalue weighted by Crippen LogP contribution is -2.70. The van der Waals surface area contributed by atoms with Crippen LogP contribution in [0.3, 0.4) is 0 Å². The number of piperidine rings is 3. The number of ether oxygens (including phenoxy) is 3. The lowest BCUT2D eigenvalue weighted by atomic mass is 9.54. The first kappa shape index (κ1) is 39.0. The number of hydrogen-bond donors (Lipinski definition) is 3. The number of likely N-dealkylation sites (tertiary alicyclic amines) is 1. The van der Waals surface area contributed by atoms with Crippen LogP contribution in [0.15, 0.2) is 48.0 Å². The third kappa shape index (κ3) is 5.31. The van der Waals surface area contributed by atoms with E-state index in [0.717, 1.165) is 74.8 Å². The second-order valence-electron chi connectivity index (χ2n) is 17.9. The minimum atomic E-state index is -1.20. The van der Waals surface area contributed by atoms with Crippen LogP contribution in [0.5, 0.6) is 5.75 Å². The summed E-state index contributed by atoms with van der Waals surface area (Å²) < 4.78 is 17.7. The average Bonchev–Trinajstić information content (AvgIpc) is 3.75. The minimum Gasteiger partial charge on any atom is -0.496 e. The molecule has 3 saturated heterocycles. The zero-order valence-corrected chi connectivity index (χ0v) is 34.9. The van der Waals surface area contributed by atoms with Crippen LogP contribution in [0.4, 0.5) is 0 Å². The molecule has 2 aliphatic carbocycles. The molecule has 6 heterocycles. The number of nitrogens with one attached hydrogen (secondary N) is 2. The Morgan fingerprint density at radius 2 is 1.78 bits per heavy atom. The number of carbonyl (C=O) groups is 3. The largest absolute Gasteiger partial charge is 0.496 e. The van der Waals surface area contributed by atoms with E-state index in [9.17, 15) is 19.5 Å². The van der Waals surface area contributed by atoms with Gasteiger partial charge in [-0.15, -0.1) is 0 Å². The number of carbonyl (C=O) groups excluding carboxylic acids is 3. The standard InChI is InChI=1S/C47H58N4O7/c1-8-26-17-28-22-46(44(54)57-6)42-30(14-15-51(43(26)46)38(28)16-25(3)53)31-18-32(39(56-5)21-37(31)49-42)33-19-35-27(9-2)23-50(4)40(47(35,24-52)45(55)58-7)20-34-29-12-10-11-13-36(29)48-41(33)34/h9-13,18,21,26,28,33,35,38,40,43,48-49,52H,8,14-17,19-20,22-24H2,1-7H3/t26-,28+,33+,35+,38+,40-,43-,46+,47+/m0/s1. The van der Waals surface area contributed by atoms with Crippen molar-refractivity contribution >= 4 is 39.5 Å². The molecule has 0 radical (unpaired) electrons. The van der Waals surface area contributed by atoms with E-state index in [2.05, 4.69) is 63.1 Å². The number of hydrogen-bond acceptors (Lipinski definition) is 9. The molecular formula is C47H58N4O7. The van der Waals surface area contributed by atoms with Gasteiger partial charge in [-0.25, -0.2) is 0 Å². The first-order chi connectivity index (χ1) is 28.0. The third-order valence-electron chi connectivity index (χ3n) is 15.6. The molecule has 4 aromatic rings. The number of ketones is 1. The van der Waals surface area contributed by atoms with Crippen LogP contribution in [0.1, 0.15) is 86.9 Å². The lowest BCUT2D eigenvalue weighted by molar-refractivity contribution is -0.170. The first-order valence-corrected chi connectivity index (χ1v) is 21.2. The number of likely N-dealkylation sites (N-methyl/N-ethyl adjacent to an activating group) is 1. The zero-order valence-electron chi connectivity index (χ0n) is 34.9. The molecule has 1 saturated carbocycles. The van der Waals surface area contributed by atoms with Crippen molar-refractivity contribution in [1.29, 1.82) is 0 Å². The molecule has 2 aromatic carbocycles. The van der Waals surface area contributed by atoms with E-state index >= 15 is 0 Å². The number of rotatable bonds is 8. The van der Waals surface area contributed by atoms with Gasteiger partial charge in [0.05, 0.1) is 27.9 Å². The number of benzene rings is 2. The molecule has 58 heavy (non-hydrogen) atoms. The van der Waals surface area contributed by atoms with E-state index in [1.807, 2.05) is 20.0 Å². The highest BCUT2D eigenvalue weighted by Crippen LogP contribution is 2.59. The van der Waals surface area contributed by atoms with Crippen molar-refractivity contribution in [3.05, 3.63) is 76.1 Å². The quantitative estimate of drug-likeness (QED) is 0.141. The SMILES string of the molecule is CC=C1CN(C)[C@H]2Cc3c([nH]c4ccccc34)[C@@H](c3cc4c5c([nH]c4cc3OC)[C@]3(C(=O)OC)C[C@H]4C[C@H](CC)[C@@H]3N(CC5)[C@@H]4CC(C)=O)C[C@H]1[C@@]2(CO)C(=O)OC. The maximum absolute atomic E-state index is 14.5. The summed E-state index contributed by atoms with van der Waals surface area (Å²) in [6.07, 6.45) is 6.97. The van der Waals surface area contributed by atoms with Gasteiger partial charge < -0.3 is 29.3 Å². The molecule has 2 aromatic heterocycles. The van der Waals surface area contributed by atoms with Crippen LogP contribution < -0.4 is 4.74 Å². The van der Waals surface area contributed by atoms with Crippen LogP contribution in [0.25, 0.3) is 21.8 Å². The van der Waals surface area contributed by atoms with Gasteiger partial charge in [0.15, 0.2) is 0 Å². The Morgan fingerprint density at radius 3 is 2.47 bits per heavy atom. The van der Waals surface area contributed by atoms with Crippen molar-refractivity contribution < 1.29 is 33.7 Å². The van der Waals surface area contributed by atoms with E-state index in [-0.39, 0.29) is 54.2 Å². The van der Waals surface area contributed by atoms with Gasteiger partial charge in [0.25, 0.3) is 0 Å². The Balaban J connectivity index is 1.28. The number of allylic oxidation sites excluding steroid dienone is 1. The van der Waals surface area contributed by atoms with Gasteiger partial charge in [0.1, 0.15) is 22.4 Å². The molecule has 11 nitrogen and oxygen atoms in total. The number of fused-ring (bicyclic) bond motifs is 9. The second kappa shape index (κ2) is 14.4. The van der Waals surface area contributed by atoms with Crippen LogP contribution in [0, 0.1) is 23.2 Å². The monoisotopic (exact) mass is 790 g/mol. The van der Waals surface area contributed by atoms with Crippen molar-refractivity contribution in [2.24, 2.45) is 23.2 Å². The van der Waals surface area contributed by atoms with E-state index in [0.29, 0.717) is 50.3 Å². The van der Waals surface area contributed by atoms with Crippen molar-refractivity contribution in [1.82, 2.24) is 19.8 Å². The van der Waals surface area contributed by atoms with Crippen molar-refractivity contribution in [3.63, 3.8) is 0 Å². The molecule has 6 bridgehead atoms. The average molecular weight is 791 g/mol. The molecule has 4 aliphatic heterocycles. The Bertz CT molecular complexity index is 2340. The Kier molecular flexibility index (Phi) is 9.68. The maximum atomic E-state index is 14.5. The molecule has 0 amide bonds. The number of nitrogens with zero attached hydrogens (tertiary/aromatic N) is 2. The smallest absolute Gasteiger partial charge is 0.319 e. The van der Waals surface area contributed by atoms with Crippen molar-refractivity contribution in [3.8, 4) is 5.75 Å². The highest BCUT2D eigenvalue weighted by atomic mass is 16.5.